The van der Waals surface area contributed by atoms with Crippen molar-refractivity contribution >= 4 is 38.0 Å². The van der Waals surface area contributed by atoms with Crippen LogP contribution in [0.3, 0.4) is 0 Å². The Balaban J connectivity index is 2.23. The van der Waals surface area contributed by atoms with E-state index in [1.807, 2.05) is 29.6 Å². The van der Waals surface area contributed by atoms with Gasteiger partial charge in [0, 0.05) is 15.4 Å². The zero-order valence-corrected chi connectivity index (χ0v) is 10.5. The van der Waals surface area contributed by atoms with Crippen molar-refractivity contribution in [3.63, 3.8) is 0 Å². The quantitative estimate of drug-likeness (QED) is 0.751. The first kappa shape index (κ1) is 9.80. The molecule has 6 heteroatoms. The fourth-order valence-electron chi connectivity index (χ4n) is 1.46. The highest BCUT2D eigenvalue weighted by molar-refractivity contribution is 9.10. The van der Waals surface area contributed by atoms with Crippen LogP contribution in [-0.2, 0) is 0 Å². The van der Waals surface area contributed by atoms with Crippen LogP contribution in [0.1, 0.15) is 0 Å². The van der Waals surface area contributed by atoms with Gasteiger partial charge in [-0.15, -0.1) is 16.4 Å². The fraction of sp³-hybridized carbons (Fsp3) is 0. The van der Waals surface area contributed by atoms with Crippen LogP contribution in [0.2, 0.25) is 0 Å². The highest BCUT2D eigenvalue weighted by Crippen LogP contribution is 2.27. The van der Waals surface area contributed by atoms with Crippen molar-refractivity contribution in [1.82, 2.24) is 14.6 Å². The number of rotatable bonds is 1. The number of halogens is 1. The van der Waals surface area contributed by atoms with Crippen LogP contribution in [0.4, 0.5) is 5.82 Å². The predicted molar refractivity (Wildman–Crippen MR) is 68.4 cm³/mol. The van der Waals surface area contributed by atoms with Gasteiger partial charge in [-0.2, -0.15) is 9.50 Å². The number of nitrogen functional groups attached to an aromatic ring is 1. The lowest BCUT2D eigenvalue weighted by Gasteiger charge is -1.97. The molecule has 0 radical (unpaired) electrons. The number of hydrogen-bond acceptors (Lipinski definition) is 4. The van der Waals surface area contributed by atoms with E-state index in [9.17, 15) is 0 Å². The van der Waals surface area contributed by atoms with E-state index in [1.54, 1.807) is 4.52 Å². The van der Waals surface area contributed by atoms with Crippen LogP contribution in [0.5, 0.6) is 0 Å². The van der Waals surface area contributed by atoms with Crippen LogP contribution in [0.15, 0.2) is 34.1 Å². The maximum absolute atomic E-state index is 5.76. The Bertz CT molecular complexity index is 658. The van der Waals surface area contributed by atoms with Crippen LogP contribution < -0.4 is 5.73 Å². The van der Waals surface area contributed by atoms with E-state index in [2.05, 4.69) is 26.0 Å². The number of nitrogens with zero attached hydrogens (tertiary/aromatic N) is 3. The number of aromatic nitrogens is 3. The molecule has 16 heavy (non-hydrogen) atoms. The molecular formula is C10H7BrN4S. The van der Waals surface area contributed by atoms with Crippen molar-refractivity contribution in [2.75, 3.05) is 5.73 Å². The summed E-state index contributed by atoms with van der Waals surface area (Å²) < 4.78 is 2.63. The number of thiazole rings is 1. The predicted octanol–water partition coefficient (Wildman–Crippen LogP) is 2.80. The summed E-state index contributed by atoms with van der Waals surface area (Å²) in [6.45, 7) is 0. The third-order valence-electron chi connectivity index (χ3n) is 2.22. The SMILES string of the molecule is Nc1csc2nc(-c3ccccc3Br)nn12. The van der Waals surface area contributed by atoms with Crippen LogP contribution in [-0.4, -0.2) is 14.6 Å². The minimum atomic E-state index is 0.616. The van der Waals surface area contributed by atoms with Gasteiger partial charge in [-0.3, -0.25) is 0 Å². The second-order valence-corrected chi connectivity index (χ2v) is 4.96. The fourth-order valence-corrected chi connectivity index (χ4v) is 2.64. The Morgan fingerprint density at radius 2 is 2.12 bits per heavy atom. The van der Waals surface area contributed by atoms with Crippen molar-refractivity contribution in [3.05, 3.63) is 34.1 Å². The summed E-state index contributed by atoms with van der Waals surface area (Å²) in [7, 11) is 0. The first-order chi connectivity index (χ1) is 7.75. The maximum Gasteiger partial charge on any atom is 0.214 e. The first-order valence-electron chi connectivity index (χ1n) is 4.60. The van der Waals surface area contributed by atoms with Crippen molar-refractivity contribution in [1.29, 1.82) is 0 Å². The van der Waals surface area contributed by atoms with E-state index < -0.39 is 0 Å². The van der Waals surface area contributed by atoms with Crippen LogP contribution in [0.25, 0.3) is 16.3 Å². The van der Waals surface area contributed by atoms with Crippen LogP contribution >= 0.6 is 27.3 Å². The molecule has 1 aromatic carbocycles. The molecule has 0 unspecified atom stereocenters. The van der Waals surface area contributed by atoms with E-state index in [0.717, 1.165) is 15.0 Å². The summed E-state index contributed by atoms with van der Waals surface area (Å²) in [6.07, 6.45) is 0. The van der Waals surface area contributed by atoms with Gasteiger partial charge in [0.25, 0.3) is 0 Å². The number of anilines is 1. The zero-order valence-electron chi connectivity index (χ0n) is 8.09. The zero-order chi connectivity index (χ0) is 11.1. The van der Waals surface area contributed by atoms with Gasteiger partial charge < -0.3 is 5.73 Å². The lowest BCUT2D eigenvalue weighted by Crippen LogP contribution is -1.92. The summed E-state index contributed by atoms with van der Waals surface area (Å²) in [6, 6.07) is 7.85. The van der Waals surface area contributed by atoms with Gasteiger partial charge in [-0.1, -0.05) is 28.1 Å². The molecule has 3 aromatic rings. The molecule has 0 bridgehead atoms. The average molecular weight is 295 g/mol. The normalized spacial score (nSPS) is 11.1. The third-order valence-corrected chi connectivity index (χ3v) is 3.75. The number of hydrogen-bond donors (Lipinski definition) is 1. The number of fused-ring (bicyclic) bond motifs is 1. The summed E-state index contributed by atoms with van der Waals surface area (Å²) in [4.78, 5) is 5.23. The molecule has 2 aromatic heterocycles. The average Bonchev–Trinajstić information content (AvgIpc) is 2.82. The molecule has 0 aliphatic carbocycles. The van der Waals surface area contributed by atoms with Gasteiger partial charge in [-0.05, 0) is 12.1 Å². The smallest absolute Gasteiger partial charge is 0.214 e. The molecule has 2 heterocycles. The monoisotopic (exact) mass is 294 g/mol. The molecule has 0 spiro atoms. The molecule has 0 amide bonds. The van der Waals surface area contributed by atoms with Gasteiger partial charge in [0.2, 0.25) is 4.96 Å². The van der Waals surface area contributed by atoms with Crippen molar-refractivity contribution < 1.29 is 0 Å². The van der Waals surface area contributed by atoms with E-state index >= 15 is 0 Å². The summed E-state index contributed by atoms with van der Waals surface area (Å²) in [5, 5.41) is 6.20. The molecule has 0 aliphatic heterocycles. The largest absolute Gasteiger partial charge is 0.383 e. The molecule has 4 nitrogen and oxygen atoms in total. The Kier molecular flexibility index (Phi) is 2.19. The molecule has 0 fully saturated rings. The molecule has 0 saturated heterocycles. The summed E-state index contributed by atoms with van der Waals surface area (Å²) >= 11 is 4.96. The maximum atomic E-state index is 5.76. The van der Waals surface area contributed by atoms with Gasteiger partial charge in [-0.25, -0.2) is 0 Å². The van der Waals surface area contributed by atoms with Crippen molar-refractivity contribution in [2.24, 2.45) is 0 Å². The highest BCUT2D eigenvalue weighted by atomic mass is 79.9. The van der Waals surface area contributed by atoms with E-state index in [0.29, 0.717) is 11.6 Å². The van der Waals surface area contributed by atoms with Gasteiger partial charge in [0.15, 0.2) is 5.82 Å². The van der Waals surface area contributed by atoms with Crippen molar-refractivity contribution in [2.45, 2.75) is 0 Å². The molecule has 0 saturated carbocycles. The minimum absolute atomic E-state index is 0.616. The van der Waals surface area contributed by atoms with Gasteiger partial charge >= 0.3 is 0 Å². The lowest BCUT2D eigenvalue weighted by molar-refractivity contribution is 0.993. The molecule has 2 N–H and O–H groups in total. The molecular weight excluding hydrogens is 288 g/mol. The Labute approximate surface area is 104 Å². The van der Waals surface area contributed by atoms with Gasteiger partial charge in [0.1, 0.15) is 5.82 Å². The van der Waals surface area contributed by atoms with E-state index in [4.69, 9.17) is 5.73 Å². The highest BCUT2D eigenvalue weighted by Gasteiger charge is 2.11. The molecule has 0 atom stereocenters. The molecule has 0 aliphatic rings. The molecule has 3 rings (SSSR count). The second kappa shape index (κ2) is 3.57. The summed E-state index contributed by atoms with van der Waals surface area (Å²) in [5.74, 6) is 1.30. The van der Waals surface area contributed by atoms with Gasteiger partial charge in [0.05, 0.1) is 0 Å². The number of benzene rings is 1. The Morgan fingerprint density at radius 3 is 2.88 bits per heavy atom. The van der Waals surface area contributed by atoms with E-state index in [1.165, 1.54) is 11.3 Å². The Morgan fingerprint density at radius 1 is 1.31 bits per heavy atom. The lowest BCUT2D eigenvalue weighted by atomic mass is 10.2. The topological polar surface area (TPSA) is 56.2 Å². The summed E-state index contributed by atoms with van der Waals surface area (Å²) in [5.41, 5.74) is 6.74. The van der Waals surface area contributed by atoms with Crippen LogP contribution in [0, 0.1) is 0 Å². The Hall–Kier alpha value is -1.40. The standard InChI is InChI=1S/C10H7BrN4S/c11-7-4-2-1-3-6(7)9-13-10-15(14-9)8(12)5-16-10/h1-5H,12H2. The van der Waals surface area contributed by atoms with Crippen molar-refractivity contribution in [3.8, 4) is 11.4 Å². The first-order valence-corrected chi connectivity index (χ1v) is 6.27. The minimum Gasteiger partial charge on any atom is -0.383 e. The number of nitrogens with two attached hydrogens (primary N) is 1. The molecule has 80 valence electrons. The second-order valence-electron chi connectivity index (χ2n) is 3.27. The third kappa shape index (κ3) is 1.42. The van der Waals surface area contributed by atoms with E-state index in [-0.39, 0.29) is 0 Å².